The minimum Gasteiger partial charge on any atom is -0.481 e. The number of carbonyl (C=O) groups excluding carboxylic acids is 2. The van der Waals surface area contributed by atoms with Gasteiger partial charge < -0.3 is 20.3 Å². The van der Waals surface area contributed by atoms with E-state index in [0.717, 1.165) is 5.56 Å². The van der Waals surface area contributed by atoms with E-state index in [1.54, 1.807) is 30.3 Å². The first-order chi connectivity index (χ1) is 10.9. The molecule has 0 spiro atoms. The van der Waals surface area contributed by atoms with Crippen LogP contribution in [0.25, 0.3) is 0 Å². The summed E-state index contributed by atoms with van der Waals surface area (Å²) in [4.78, 5) is 44.2. The molecule has 0 aliphatic heterocycles. The number of aliphatic carboxylic acids is 2. The third kappa shape index (κ3) is 7.60. The molecule has 3 N–H and O–H groups in total. The van der Waals surface area contributed by atoms with Crippen LogP contribution in [0.15, 0.2) is 30.3 Å². The summed E-state index contributed by atoms with van der Waals surface area (Å²) in [6.07, 6.45) is -2.07. The van der Waals surface area contributed by atoms with Gasteiger partial charge in [-0.15, -0.1) is 0 Å². The van der Waals surface area contributed by atoms with E-state index in [9.17, 15) is 19.2 Å². The number of benzene rings is 1. The predicted molar refractivity (Wildman–Crippen MR) is 77.7 cm³/mol. The topological polar surface area (TPSA) is 130 Å². The Hall–Kier alpha value is -2.90. The number of carbonyl (C=O) groups is 4. The maximum Gasteiger partial charge on any atom is 0.408 e. The number of hydrogen-bond acceptors (Lipinski definition) is 5. The smallest absolute Gasteiger partial charge is 0.408 e. The van der Waals surface area contributed by atoms with Crippen LogP contribution < -0.4 is 5.32 Å². The average molecular weight is 323 g/mol. The third-order valence-corrected chi connectivity index (χ3v) is 2.86. The van der Waals surface area contributed by atoms with Crippen LogP contribution in [-0.4, -0.2) is 40.1 Å². The van der Waals surface area contributed by atoms with Gasteiger partial charge in [-0.05, 0) is 12.0 Å². The lowest BCUT2D eigenvalue weighted by Gasteiger charge is -2.14. The van der Waals surface area contributed by atoms with Crippen LogP contribution >= 0.6 is 0 Å². The van der Waals surface area contributed by atoms with Gasteiger partial charge in [0.15, 0.2) is 0 Å². The molecule has 0 radical (unpaired) electrons. The van der Waals surface area contributed by atoms with Crippen LogP contribution in [0.4, 0.5) is 4.79 Å². The van der Waals surface area contributed by atoms with E-state index in [-0.39, 0.29) is 19.4 Å². The summed E-state index contributed by atoms with van der Waals surface area (Å²) in [7, 11) is 0. The predicted octanol–water partition coefficient (Wildman–Crippen LogP) is 1.19. The molecule has 1 rings (SSSR count). The van der Waals surface area contributed by atoms with Gasteiger partial charge in [-0.2, -0.15) is 0 Å². The van der Waals surface area contributed by atoms with Crippen molar-refractivity contribution in [2.45, 2.75) is 31.9 Å². The van der Waals surface area contributed by atoms with Gasteiger partial charge in [0.1, 0.15) is 24.9 Å². The number of hydrogen-bond donors (Lipinski definition) is 3. The Bertz CT molecular complexity index is 570. The molecule has 0 saturated heterocycles. The first-order valence-electron chi connectivity index (χ1n) is 6.82. The van der Waals surface area contributed by atoms with Crippen molar-refractivity contribution in [1.82, 2.24) is 5.32 Å². The van der Waals surface area contributed by atoms with Crippen molar-refractivity contribution < 1.29 is 34.1 Å². The van der Waals surface area contributed by atoms with Crippen LogP contribution in [0.2, 0.25) is 0 Å². The van der Waals surface area contributed by atoms with Gasteiger partial charge in [-0.1, -0.05) is 30.3 Å². The molecule has 0 aromatic heterocycles. The molecule has 1 amide bonds. The highest BCUT2D eigenvalue weighted by atomic mass is 16.5. The van der Waals surface area contributed by atoms with E-state index in [2.05, 4.69) is 5.32 Å². The summed E-state index contributed by atoms with van der Waals surface area (Å²) < 4.78 is 4.89. The zero-order chi connectivity index (χ0) is 17.2. The van der Waals surface area contributed by atoms with Crippen molar-refractivity contribution in [3.63, 3.8) is 0 Å². The Labute approximate surface area is 132 Å². The molecular weight excluding hydrogens is 306 g/mol. The fraction of sp³-hybridized carbons (Fsp3) is 0.333. The number of Topliss-reactive ketones (excluding diaryl/α,β-unsaturated/α-hetero) is 1. The Morgan fingerprint density at radius 1 is 1.09 bits per heavy atom. The minimum atomic E-state index is -1.33. The standard InChI is InChI=1S/C15H17NO7/c17-11(8-13(18)19)6-7-12(14(20)21)16-15(22)23-9-10-4-2-1-3-5-10/h1-5,12H,6-9H2,(H,16,22)(H,18,19)(H,20,21). The first-order valence-corrected chi connectivity index (χ1v) is 6.82. The molecule has 0 aliphatic carbocycles. The average Bonchev–Trinajstić information content (AvgIpc) is 2.49. The van der Waals surface area contributed by atoms with Crippen molar-refractivity contribution in [3.05, 3.63) is 35.9 Å². The van der Waals surface area contributed by atoms with Crippen LogP contribution in [0.5, 0.6) is 0 Å². The Morgan fingerprint density at radius 3 is 2.30 bits per heavy atom. The molecule has 1 atom stereocenters. The van der Waals surface area contributed by atoms with Crippen LogP contribution in [0.1, 0.15) is 24.8 Å². The number of rotatable bonds is 9. The van der Waals surface area contributed by atoms with E-state index in [0.29, 0.717) is 0 Å². The van der Waals surface area contributed by atoms with E-state index in [1.807, 2.05) is 0 Å². The van der Waals surface area contributed by atoms with Gasteiger partial charge in [0, 0.05) is 6.42 Å². The summed E-state index contributed by atoms with van der Waals surface area (Å²) in [5, 5.41) is 19.6. The highest BCUT2D eigenvalue weighted by molar-refractivity contribution is 5.95. The molecule has 0 bridgehead atoms. The number of alkyl carbamates (subject to hydrolysis) is 1. The maximum absolute atomic E-state index is 11.6. The summed E-state index contributed by atoms with van der Waals surface area (Å²) in [5.74, 6) is -3.22. The van der Waals surface area contributed by atoms with Crippen molar-refractivity contribution >= 4 is 23.8 Å². The van der Waals surface area contributed by atoms with Crippen LogP contribution in [0.3, 0.4) is 0 Å². The second kappa shape index (κ2) is 9.19. The molecular formula is C15H17NO7. The molecule has 8 heteroatoms. The van der Waals surface area contributed by atoms with E-state index in [4.69, 9.17) is 14.9 Å². The van der Waals surface area contributed by atoms with Gasteiger partial charge >= 0.3 is 18.0 Å². The second-order valence-electron chi connectivity index (χ2n) is 4.74. The van der Waals surface area contributed by atoms with Crippen molar-refractivity contribution in [1.29, 1.82) is 0 Å². The fourth-order valence-corrected chi connectivity index (χ4v) is 1.73. The molecule has 124 valence electrons. The quantitative estimate of drug-likeness (QED) is 0.582. The highest BCUT2D eigenvalue weighted by Crippen LogP contribution is 2.04. The van der Waals surface area contributed by atoms with Gasteiger partial charge in [-0.3, -0.25) is 9.59 Å². The largest absolute Gasteiger partial charge is 0.481 e. The molecule has 0 fully saturated rings. The molecule has 0 saturated carbocycles. The number of carboxylic acid groups (broad SMARTS) is 2. The molecule has 1 unspecified atom stereocenters. The molecule has 23 heavy (non-hydrogen) atoms. The van der Waals surface area contributed by atoms with Gasteiger partial charge in [0.05, 0.1) is 0 Å². The van der Waals surface area contributed by atoms with E-state index in [1.165, 1.54) is 0 Å². The number of ether oxygens (including phenoxy) is 1. The SMILES string of the molecule is O=C(O)CC(=O)CCC(NC(=O)OCc1ccccc1)C(=O)O. The lowest BCUT2D eigenvalue weighted by atomic mass is 10.1. The normalized spacial score (nSPS) is 11.3. The Balaban J connectivity index is 2.42. The van der Waals surface area contributed by atoms with Crippen LogP contribution in [-0.2, 0) is 25.7 Å². The van der Waals surface area contributed by atoms with Crippen molar-refractivity contribution in [2.75, 3.05) is 0 Å². The number of carboxylic acids is 2. The van der Waals surface area contributed by atoms with Crippen molar-refractivity contribution in [3.8, 4) is 0 Å². The highest BCUT2D eigenvalue weighted by Gasteiger charge is 2.22. The third-order valence-electron chi connectivity index (χ3n) is 2.86. The second-order valence-corrected chi connectivity index (χ2v) is 4.74. The zero-order valence-corrected chi connectivity index (χ0v) is 12.2. The van der Waals surface area contributed by atoms with E-state index < -0.39 is 36.3 Å². The molecule has 1 aromatic carbocycles. The lowest BCUT2D eigenvalue weighted by molar-refractivity contribution is -0.140. The minimum absolute atomic E-state index is 0.0169. The molecule has 0 aliphatic rings. The Kier molecular flexibility index (Phi) is 7.25. The first kappa shape index (κ1) is 18.1. The van der Waals surface area contributed by atoms with Crippen LogP contribution in [0, 0.1) is 0 Å². The Morgan fingerprint density at radius 2 is 1.74 bits per heavy atom. The summed E-state index contributed by atoms with van der Waals surface area (Å²) in [6, 6.07) is 7.50. The molecule has 1 aromatic rings. The monoisotopic (exact) mass is 323 g/mol. The lowest BCUT2D eigenvalue weighted by Crippen LogP contribution is -2.41. The van der Waals surface area contributed by atoms with Gasteiger partial charge in [-0.25, -0.2) is 9.59 Å². The van der Waals surface area contributed by atoms with Gasteiger partial charge in [0.25, 0.3) is 0 Å². The van der Waals surface area contributed by atoms with Gasteiger partial charge in [0.2, 0.25) is 0 Å². The number of amides is 1. The maximum atomic E-state index is 11.6. The summed E-state index contributed by atoms with van der Waals surface area (Å²) in [5.41, 5.74) is 0.742. The zero-order valence-electron chi connectivity index (χ0n) is 12.2. The molecule has 0 heterocycles. The fourth-order valence-electron chi connectivity index (χ4n) is 1.73. The van der Waals surface area contributed by atoms with E-state index >= 15 is 0 Å². The number of nitrogens with one attached hydrogen (secondary N) is 1. The number of ketones is 1. The van der Waals surface area contributed by atoms with Crippen molar-refractivity contribution in [2.24, 2.45) is 0 Å². The molecule has 8 nitrogen and oxygen atoms in total. The summed E-state index contributed by atoms with van der Waals surface area (Å²) >= 11 is 0. The summed E-state index contributed by atoms with van der Waals surface area (Å²) in [6.45, 7) is -0.0169.